The van der Waals surface area contributed by atoms with E-state index in [4.69, 9.17) is 0 Å². The van der Waals surface area contributed by atoms with Crippen molar-refractivity contribution in [2.45, 2.75) is 37.9 Å². The van der Waals surface area contributed by atoms with Gasteiger partial charge in [-0.1, -0.05) is 12.1 Å². The number of carbonyl (C=O) groups excluding carboxylic acids is 2. The molecule has 30 heavy (non-hydrogen) atoms. The van der Waals surface area contributed by atoms with Gasteiger partial charge in [-0.3, -0.25) is 14.9 Å². The first-order valence-corrected chi connectivity index (χ1v) is 9.76. The predicted octanol–water partition coefficient (Wildman–Crippen LogP) is 1.71. The van der Waals surface area contributed by atoms with E-state index in [9.17, 15) is 24.1 Å². The number of carbonyl (C=O) groups is 2. The van der Waals surface area contributed by atoms with Gasteiger partial charge in [0, 0.05) is 30.5 Å². The van der Waals surface area contributed by atoms with Crippen LogP contribution < -0.4 is 10.2 Å². The highest BCUT2D eigenvalue weighted by Gasteiger charge is 2.51. The fourth-order valence-corrected chi connectivity index (χ4v) is 3.84. The van der Waals surface area contributed by atoms with Gasteiger partial charge < -0.3 is 10.2 Å². The quantitative estimate of drug-likeness (QED) is 0.410. The number of nitro groups is 1. The smallest absolute Gasteiger partial charge is 0.319 e. The predicted molar refractivity (Wildman–Crippen MR) is 105 cm³/mol. The minimum absolute atomic E-state index is 0.0837. The second-order valence-electron chi connectivity index (χ2n) is 7.99. The van der Waals surface area contributed by atoms with Crippen molar-refractivity contribution in [1.82, 2.24) is 10.2 Å². The van der Waals surface area contributed by atoms with Crippen LogP contribution in [-0.2, 0) is 16.9 Å². The molecule has 1 heterocycles. The van der Waals surface area contributed by atoms with Gasteiger partial charge in [0.1, 0.15) is 17.9 Å². The van der Waals surface area contributed by atoms with Gasteiger partial charge in [0.15, 0.2) is 6.67 Å². The van der Waals surface area contributed by atoms with Gasteiger partial charge in [-0.25, -0.2) is 14.1 Å². The molecule has 0 bridgehead atoms. The Morgan fingerprint density at radius 2 is 1.80 bits per heavy atom. The average Bonchev–Trinajstić information content (AvgIpc) is 3.54. The van der Waals surface area contributed by atoms with Gasteiger partial charge in [0.05, 0.1) is 11.0 Å². The Labute approximate surface area is 172 Å². The van der Waals surface area contributed by atoms with Crippen LogP contribution >= 0.6 is 0 Å². The molecule has 2 atom stereocenters. The molecule has 2 N–H and O–H groups in total. The van der Waals surface area contributed by atoms with E-state index in [1.165, 1.54) is 41.3 Å². The van der Waals surface area contributed by atoms with E-state index < -0.39 is 22.4 Å². The molecular formula is C21H22FN4O4+. The van der Waals surface area contributed by atoms with Gasteiger partial charge >= 0.3 is 6.03 Å². The topological polar surface area (TPSA) is 97.0 Å². The molecule has 0 spiro atoms. The molecule has 9 heteroatoms. The first kappa shape index (κ1) is 20.0. The van der Waals surface area contributed by atoms with Crippen LogP contribution in [0.2, 0.25) is 0 Å². The van der Waals surface area contributed by atoms with E-state index in [0.29, 0.717) is 18.2 Å². The average molecular weight is 413 g/mol. The fourth-order valence-electron chi connectivity index (χ4n) is 3.84. The zero-order valence-electron chi connectivity index (χ0n) is 16.4. The molecular weight excluding hydrogens is 391 g/mol. The van der Waals surface area contributed by atoms with E-state index in [1.54, 1.807) is 19.1 Å². The minimum atomic E-state index is -1.28. The third kappa shape index (κ3) is 3.76. The van der Waals surface area contributed by atoms with E-state index in [2.05, 4.69) is 5.32 Å². The second-order valence-corrected chi connectivity index (χ2v) is 7.99. The van der Waals surface area contributed by atoms with Crippen molar-refractivity contribution >= 4 is 17.6 Å². The van der Waals surface area contributed by atoms with Gasteiger partial charge in [0.2, 0.25) is 0 Å². The maximum absolute atomic E-state index is 13.2. The number of benzene rings is 2. The minimum Gasteiger partial charge on any atom is -0.319 e. The van der Waals surface area contributed by atoms with Crippen LogP contribution in [0, 0.1) is 15.9 Å². The number of halogens is 1. The molecule has 1 saturated carbocycles. The van der Waals surface area contributed by atoms with Gasteiger partial charge in [-0.2, -0.15) is 0 Å². The molecule has 0 radical (unpaired) electrons. The summed E-state index contributed by atoms with van der Waals surface area (Å²) in [6, 6.07) is 11.7. The summed E-state index contributed by atoms with van der Waals surface area (Å²) < 4.78 is 13.2. The lowest BCUT2D eigenvalue weighted by Crippen LogP contribution is -3.13. The van der Waals surface area contributed by atoms with E-state index in [-0.39, 0.29) is 18.2 Å². The number of quaternary nitrogens is 1. The molecule has 2 aromatic carbocycles. The summed E-state index contributed by atoms with van der Waals surface area (Å²) in [6.07, 6.45) is 2.03. The van der Waals surface area contributed by atoms with E-state index >= 15 is 0 Å². The number of nitrogens with zero attached hydrogens (tertiary/aromatic N) is 2. The molecule has 156 valence electrons. The normalized spacial score (nSPS) is 22.1. The van der Waals surface area contributed by atoms with Crippen LogP contribution in [0.5, 0.6) is 0 Å². The number of imide groups is 1. The van der Waals surface area contributed by atoms with Crippen molar-refractivity contribution in [3.8, 4) is 0 Å². The van der Waals surface area contributed by atoms with E-state index in [0.717, 1.165) is 23.3 Å². The Balaban J connectivity index is 1.52. The number of nitrogens with one attached hydrogen (secondary N) is 2. The van der Waals surface area contributed by atoms with Crippen LogP contribution in [0.25, 0.3) is 0 Å². The molecule has 1 aliphatic heterocycles. The molecule has 1 unspecified atom stereocenters. The fraction of sp³-hybridized carbons (Fsp3) is 0.333. The summed E-state index contributed by atoms with van der Waals surface area (Å²) >= 11 is 0. The summed E-state index contributed by atoms with van der Waals surface area (Å²) in [7, 11) is 0. The zero-order valence-corrected chi connectivity index (χ0v) is 16.4. The Hall–Kier alpha value is -3.33. The largest absolute Gasteiger partial charge is 0.329 e. The Morgan fingerprint density at radius 1 is 1.17 bits per heavy atom. The Kier molecular flexibility index (Phi) is 4.98. The van der Waals surface area contributed by atoms with Crippen LogP contribution in [0.15, 0.2) is 48.5 Å². The van der Waals surface area contributed by atoms with Crippen LogP contribution in [0.3, 0.4) is 0 Å². The molecule has 8 nitrogen and oxygen atoms in total. The first-order chi connectivity index (χ1) is 14.3. The monoisotopic (exact) mass is 413 g/mol. The van der Waals surface area contributed by atoms with Crippen molar-refractivity contribution < 1.29 is 23.8 Å². The van der Waals surface area contributed by atoms with Crippen LogP contribution in [-0.4, -0.2) is 34.5 Å². The van der Waals surface area contributed by atoms with Crippen molar-refractivity contribution in [3.63, 3.8) is 0 Å². The number of nitro benzene ring substituents is 1. The Bertz CT molecular complexity index is 991. The van der Waals surface area contributed by atoms with Gasteiger partial charge in [-0.05, 0) is 36.8 Å². The maximum atomic E-state index is 13.2. The van der Waals surface area contributed by atoms with Crippen molar-refractivity contribution in [1.29, 1.82) is 0 Å². The summed E-state index contributed by atoms with van der Waals surface area (Å²) in [4.78, 5) is 38.5. The Morgan fingerprint density at radius 3 is 2.37 bits per heavy atom. The molecule has 1 aliphatic carbocycles. The molecule has 4 rings (SSSR count). The van der Waals surface area contributed by atoms with E-state index in [1.807, 2.05) is 0 Å². The molecule has 2 aliphatic rings. The SMILES string of the molecule is C[C@]1(c2ccc([N+](=O)[O-])cc2)NC(=O)N(C[NH+](Cc2ccc(F)cc2)C2CC2)C1=O. The summed E-state index contributed by atoms with van der Waals surface area (Å²) in [5.41, 5.74) is 0.0556. The highest BCUT2D eigenvalue weighted by atomic mass is 19.1. The van der Waals surface area contributed by atoms with Crippen LogP contribution in [0.1, 0.15) is 30.9 Å². The number of amides is 3. The highest BCUT2D eigenvalue weighted by Crippen LogP contribution is 2.29. The lowest BCUT2D eigenvalue weighted by molar-refractivity contribution is -0.931. The molecule has 2 aromatic rings. The lowest BCUT2D eigenvalue weighted by Gasteiger charge is -2.25. The highest BCUT2D eigenvalue weighted by molar-refractivity contribution is 6.07. The molecule has 2 fully saturated rings. The third-order valence-corrected chi connectivity index (χ3v) is 5.79. The molecule has 1 saturated heterocycles. The summed E-state index contributed by atoms with van der Waals surface area (Å²) in [5, 5.41) is 13.6. The van der Waals surface area contributed by atoms with Gasteiger partial charge in [0.25, 0.3) is 11.6 Å². The van der Waals surface area contributed by atoms with Gasteiger partial charge in [-0.15, -0.1) is 0 Å². The number of non-ortho nitro benzene ring substituents is 1. The summed E-state index contributed by atoms with van der Waals surface area (Å²) in [5.74, 6) is -0.696. The number of rotatable bonds is 7. The van der Waals surface area contributed by atoms with Crippen molar-refractivity contribution in [2.24, 2.45) is 0 Å². The zero-order chi connectivity index (χ0) is 21.5. The standard InChI is InChI=1S/C21H21FN4O4/c1-21(15-4-8-18(9-5-15)26(29)30)19(27)25(20(28)23-21)13-24(17-10-11-17)12-14-2-6-16(22)7-3-14/h2-9,17H,10-13H2,1H3,(H,23,28)/p+1/t21-/m1/s1. The summed E-state index contributed by atoms with van der Waals surface area (Å²) in [6.45, 7) is 2.39. The second kappa shape index (κ2) is 7.49. The number of hydrogen-bond acceptors (Lipinski definition) is 4. The first-order valence-electron chi connectivity index (χ1n) is 9.76. The maximum Gasteiger partial charge on any atom is 0.329 e. The number of hydrogen-bond donors (Lipinski definition) is 2. The molecule has 0 aromatic heterocycles. The van der Waals surface area contributed by atoms with Crippen LogP contribution in [0.4, 0.5) is 14.9 Å². The van der Waals surface area contributed by atoms with Crippen molar-refractivity contribution in [2.75, 3.05) is 6.67 Å². The van der Waals surface area contributed by atoms with Crippen molar-refractivity contribution in [3.05, 3.63) is 75.6 Å². The third-order valence-electron chi connectivity index (χ3n) is 5.79. The lowest BCUT2D eigenvalue weighted by atomic mass is 9.92. The molecule has 3 amide bonds. The number of urea groups is 1.